The SMILES string of the molecule is COc1[nH]c(=O)c(C(=O)O)cc1OC(F)(F)F. The van der Waals surface area contributed by atoms with E-state index in [0.717, 1.165) is 7.11 Å². The number of hydrogen-bond acceptors (Lipinski definition) is 4. The summed E-state index contributed by atoms with van der Waals surface area (Å²) in [4.78, 5) is 23.5. The zero-order chi connectivity index (χ0) is 13.2. The summed E-state index contributed by atoms with van der Waals surface area (Å²) in [5, 5.41) is 8.55. The summed E-state index contributed by atoms with van der Waals surface area (Å²) in [5.74, 6) is -3.23. The lowest BCUT2D eigenvalue weighted by atomic mass is 10.2. The van der Waals surface area contributed by atoms with Gasteiger partial charge in [0, 0.05) is 6.07 Å². The molecule has 0 atom stereocenters. The van der Waals surface area contributed by atoms with Gasteiger partial charge in [-0.2, -0.15) is 0 Å². The van der Waals surface area contributed by atoms with Gasteiger partial charge in [-0.1, -0.05) is 0 Å². The summed E-state index contributed by atoms with van der Waals surface area (Å²) in [6, 6.07) is 0.438. The van der Waals surface area contributed by atoms with Crippen molar-refractivity contribution in [2.45, 2.75) is 6.36 Å². The maximum atomic E-state index is 12.0. The number of aromatic nitrogens is 1. The number of aromatic carboxylic acids is 1. The molecule has 2 N–H and O–H groups in total. The third-order valence-corrected chi connectivity index (χ3v) is 1.63. The number of nitrogens with one attached hydrogen (secondary N) is 1. The van der Waals surface area contributed by atoms with Crippen LogP contribution in [-0.2, 0) is 0 Å². The summed E-state index contributed by atoms with van der Waals surface area (Å²) in [7, 11) is 0.995. The molecule has 0 aromatic carbocycles. The Kier molecular flexibility index (Phi) is 3.30. The molecule has 6 nitrogen and oxygen atoms in total. The highest BCUT2D eigenvalue weighted by Gasteiger charge is 2.33. The summed E-state index contributed by atoms with van der Waals surface area (Å²) >= 11 is 0. The lowest BCUT2D eigenvalue weighted by Gasteiger charge is -2.12. The van der Waals surface area contributed by atoms with Crippen LogP contribution in [-0.4, -0.2) is 29.5 Å². The van der Waals surface area contributed by atoms with E-state index in [0.29, 0.717) is 6.07 Å². The van der Waals surface area contributed by atoms with Crippen LogP contribution in [0.25, 0.3) is 0 Å². The van der Waals surface area contributed by atoms with E-state index in [9.17, 15) is 22.8 Å². The van der Waals surface area contributed by atoms with E-state index < -0.39 is 35.1 Å². The average molecular weight is 253 g/mol. The Hall–Kier alpha value is -2.19. The van der Waals surface area contributed by atoms with Crippen molar-refractivity contribution in [1.82, 2.24) is 4.98 Å². The molecular formula is C8H6F3NO5. The molecule has 0 fully saturated rings. The molecule has 1 heterocycles. The molecule has 0 spiro atoms. The number of aromatic amines is 1. The molecule has 9 heteroatoms. The Labute approximate surface area is 91.6 Å². The van der Waals surface area contributed by atoms with Crippen molar-refractivity contribution in [1.29, 1.82) is 0 Å². The van der Waals surface area contributed by atoms with Gasteiger partial charge in [0.25, 0.3) is 5.56 Å². The first-order chi connectivity index (χ1) is 7.74. The first-order valence-electron chi connectivity index (χ1n) is 4.05. The summed E-state index contributed by atoms with van der Waals surface area (Å²) in [6.07, 6.45) is -5.03. The predicted octanol–water partition coefficient (Wildman–Crippen LogP) is 0.980. The monoisotopic (exact) mass is 253 g/mol. The standard InChI is InChI=1S/C8H6F3NO5/c1-16-6-4(17-8(9,10)11)2-3(7(14)15)5(13)12-6/h2H,1H3,(H,12,13)(H,14,15). The Morgan fingerprint density at radius 2 is 2.06 bits per heavy atom. The first kappa shape index (κ1) is 12.9. The lowest BCUT2D eigenvalue weighted by molar-refractivity contribution is -0.275. The van der Waals surface area contributed by atoms with Gasteiger partial charge in [-0.25, -0.2) is 4.79 Å². The smallest absolute Gasteiger partial charge is 0.480 e. The molecule has 1 rings (SSSR count). The second-order valence-corrected chi connectivity index (χ2v) is 2.76. The van der Waals surface area contributed by atoms with E-state index in [4.69, 9.17) is 5.11 Å². The molecule has 0 aliphatic heterocycles. The molecule has 0 bridgehead atoms. The lowest BCUT2D eigenvalue weighted by Crippen LogP contribution is -2.22. The van der Waals surface area contributed by atoms with Crippen LogP contribution in [0.15, 0.2) is 10.9 Å². The van der Waals surface area contributed by atoms with Crippen LogP contribution in [0.1, 0.15) is 10.4 Å². The van der Waals surface area contributed by atoms with Crippen LogP contribution in [0.2, 0.25) is 0 Å². The van der Waals surface area contributed by atoms with Crippen molar-refractivity contribution < 1.29 is 32.5 Å². The minimum atomic E-state index is -5.03. The fourth-order valence-corrected chi connectivity index (χ4v) is 1.01. The molecule has 0 aliphatic rings. The number of pyridine rings is 1. The van der Waals surface area contributed by atoms with Crippen LogP contribution in [0.4, 0.5) is 13.2 Å². The van der Waals surface area contributed by atoms with Crippen molar-refractivity contribution in [3.63, 3.8) is 0 Å². The minimum Gasteiger partial charge on any atom is -0.480 e. The Morgan fingerprint density at radius 1 is 1.47 bits per heavy atom. The quantitative estimate of drug-likeness (QED) is 0.838. The topological polar surface area (TPSA) is 88.6 Å². The van der Waals surface area contributed by atoms with E-state index in [1.54, 1.807) is 0 Å². The average Bonchev–Trinajstić information content (AvgIpc) is 2.17. The van der Waals surface area contributed by atoms with Gasteiger partial charge in [0.2, 0.25) is 5.88 Å². The maximum absolute atomic E-state index is 12.0. The third kappa shape index (κ3) is 3.13. The number of alkyl halides is 3. The van der Waals surface area contributed by atoms with Gasteiger partial charge in [-0.3, -0.25) is 9.78 Å². The van der Waals surface area contributed by atoms with Crippen molar-refractivity contribution >= 4 is 5.97 Å². The molecule has 0 saturated heterocycles. The summed E-state index contributed by atoms with van der Waals surface area (Å²) < 4.78 is 43.9. The largest absolute Gasteiger partial charge is 0.573 e. The highest BCUT2D eigenvalue weighted by atomic mass is 19.4. The normalized spacial score (nSPS) is 11.1. The van der Waals surface area contributed by atoms with Gasteiger partial charge >= 0.3 is 12.3 Å². The number of hydrogen-bond donors (Lipinski definition) is 2. The minimum absolute atomic E-state index is 0.438. The number of rotatable bonds is 3. The number of H-pyrrole nitrogens is 1. The number of carboxylic acids is 1. The second-order valence-electron chi connectivity index (χ2n) is 2.76. The summed E-state index contributed by atoms with van der Waals surface area (Å²) in [5.41, 5.74) is -1.98. The van der Waals surface area contributed by atoms with Crippen LogP contribution in [0.3, 0.4) is 0 Å². The summed E-state index contributed by atoms with van der Waals surface area (Å²) in [6.45, 7) is 0. The van der Waals surface area contributed by atoms with Crippen molar-refractivity contribution in [3.8, 4) is 11.6 Å². The second kappa shape index (κ2) is 4.36. The highest BCUT2D eigenvalue weighted by Crippen LogP contribution is 2.29. The Morgan fingerprint density at radius 3 is 2.47 bits per heavy atom. The number of carbonyl (C=O) groups is 1. The molecule has 0 saturated carbocycles. The van der Waals surface area contributed by atoms with Gasteiger partial charge in [0.1, 0.15) is 5.56 Å². The Bertz CT molecular complexity index is 493. The van der Waals surface area contributed by atoms with Crippen LogP contribution in [0.5, 0.6) is 11.6 Å². The number of ether oxygens (including phenoxy) is 2. The molecule has 1 aromatic heterocycles. The van der Waals surface area contributed by atoms with E-state index in [1.165, 1.54) is 0 Å². The number of methoxy groups -OCH3 is 1. The van der Waals surface area contributed by atoms with Gasteiger partial charge in [0.05, 0.1) is 7.11 Å². The van der Waals surface area contributed by atoms with E-state index in [-0.39, 0.29) is 0 Å². The third-order valence-electron chi connectivity index (χ3n) is 1.63. The zero-order valence-electron chi connectivity index (χ0n) is 8.29. The highest BCUT2D eigenvalue weighted by molar-refractivity contribution is 5.87. The molecule has 1 aromatic rings. The molecular weight excluding hydrogens is 247 g/mol. The van der Waals surface area contributed by atoms with Gasteiger partial charge < -0.3 is 14.6 Å². The molecule has 0 unspecified atom stereocenters. The van der Waals surface area contributed by atoms with E-state index >= 15 is 0 Å². The number of carboxylic acid groups (broad SMARTS) is 1. The van der Waals surface area contributed by atoms with Gasteiger partial charge in [0.15, 0.2) is 5.75 Å². The fraction of sp³-hybridized carbons (Fsp3) is 0.250. The molecule has 0 radical (unpaired) electrons. The van der Waals surface area contributed by atoms with Crippen LogP contribution in [0, 0.1) is 0 Å². The van der Waals surface area contributed by atoms with Crippen molar-refractivity contribution in [2.24, 2.45) is 0 Å². The van der Waals surface area contributed by atoms with Gasteiger partial charge in [-0.05, 0) is 0 Å². The number of halogens is 3. The molecule has 17 heavy (non-hydrogen) atoms. The molecule has 0 amide bonds. The predicted molar refractivity (Wildman–Crippen MR) is 47.3 cm³/mol. The van der Waals surface area contributed by atoms with Crippen molar-refractivity contribution in [3.05, 3.63) is 22.0 Å². The Balaban J connectivity index is 3.32. The van der Waals surface area contributed by atoms with E-state index in [1.807, 2.05) is 4.98 Å². The van der Waals surface area contributed by atoms with E-state index in [2.05, 4.69) is 9.47 Å². The molecule has 0 aliphatic carbocycles. The maximum Gasteiger partial charge on any atom is 0.573 e. The fourth-order valence-electron chi connectivity index (χ4n) is 1.01. The zero-order valence-corrected chi connectivity index (χ0v) is 8.29. The van der Waals surface area contributed by atoms with Crippen molar-refractivity contribution in [2.75, 3.05) is 7.11 Å². The molecule has 94 valence electrons. The van der Waals surface area contributed by atoms with Crippen LogP contribution < -0.4 is 15.0 Å². The first-order valence-corrected chi connectivity index (χ1v) is 4.05. The van der Waals surface area contributed by atoms with Gasteiger partial charge in [-0.15, -0.1) is 13.2 Å². The van der Waals surface area contributed by atoms with Crippen LogP contribution >= 0.6 is 0 Å².